The van der Waals surface area contributed by atoms with Gasteiger partial charge >= 0.3 is 0 Å². The third kappa shape index (κ3) is 3.84. The molecule has 1 aliphatic carbocycles. The second kappa shape index (κ2) is 8.88. The Kier molecular flexibility index (Phi) is 5.18. The maximum atomic E-state index is 5.02. The van der Waals surface area contributed by atoms with Crippen molar-refractivity contribution in [2.24, 2.45) is 10.9 Å². The van der Waals surface area contributed by atoms with Crippen molar-refractivity contribution in [2.75, 3.05) is 6.54 Å². The third-order valence-corrected chi connectivity index (χ3v) is 8.75. The van der Waals surface area contributed by atoms with Gasteiger partial charge in [0.05, 0.1) is 34.0 Å². The van der Waals surface area contributed by atoms with Crippen LogP contribution in [0.3, 0.4) is 0 Å². The zero-order chi connectivity index (χ0) is 25.1. The number of fused-ring (bicyclic) bond motifs is 3. The second-order valence-corrected chi connectivity index (χ2v) is 11.2. The first-order chi connectivity index (χ1) is 18.8. The monoisotopic (exact) mass is 497 g/mol. The molecule has 3 aliphatic rings. The second-order valence-electron chi connectivity index (χ2n) is 11.2. The van der Waals surface area contributed by atoms with Gasteiger partial charge < -0.3 is 10.3 Å². The molecule has 1 saturated heterocycles. The normalized spacial score (nSPS) is 19.5. The number of aromatic amines is 1. The molecule has 2 N–H and O–H groups in total. The van der Waals surface area contributed by atoms with Crippen LogP contribution in [0.25, 0.3) is 44.3 Å². The molecular weight excluding hydrogens is 466 g/mol. The van der Waals surface area contributed by atoms with Gasteiger partial charge in [0, 0.05) is 23.1 Å². The van der Waals surface area contributed by atoms with Gasteiger partial charge in [0.2, 0.25) is 0 Å². The van der Waals surface area contributed by atoms with Crippen LogP contribution in [0, 0.1) is 5.92 Å². The summed E-state index contributed by atoms with van der Waals surface area (Å²) in [4.78, 5) is 18.4. The number of benzene rings is 3. The molecule has 1 atom stereocenters. The highest BCUT2D eigenvalue weighted by atomic mass is 15.0. The maximum Gasteiger partial charge on any atom is 0.124 e. The molecule has 2 aliphatic heterocycles. The predicted octanol–water partition coefficient (Wildman–Crippen LogP) is 7.69. The average Bonchev–Trinajstić information content (AvgIpc) is 3.77. The fraction of sp³-hybridized carbons (Fsp3) is 0.303. The van der Waals surface area contributed by atoms with Crippen molar-refractivity contribution in [1.82, 2.24) is 20.3 Å². The standard InChI is InChI=1S/C33H31N5/c1-2-5-20(4-1)31-19-25-17-22(8-12-28(25)36-31)21-7-11-26-23(16-21)9-13-27(35-26)24-10-14-29-32(18-24)38-33(37-29)30-6-3-15-34-30/h7-14,16-18,20,30,34H,1-6,15,19H2,(H,37,38)/t30-/m0/s1. The molecule has 5 nitrogen and oxygen atoms in total. The van der Waals surface area contributed by atoms with E-state index in [1.54, 1.807) is 0 Å². The SMILES string of the molecule is c1cc2c(cc1-c1ccc3nc(-c4ccc5nc([C@@H]6CCCN6)[nH]c5c4)ccc3c1)CC(C1CCCC1)=N2. The molecule has 5 aromatic rings. The highest BCUT2D eigenvalue weighted by molar-refractivity contribution is 5.96. The van der Waals surface area contributed by atoms with E-state index in [4.69, 9.17) is 15.0 Å². The van der Waals surface area contributed by atoms with Crippen molar-refractivity contribution in [1.29, 1.82) is 0 Å². The molecule has 0 unspecified atom stereocenters. The van der Waals surface area contributed by atoms with E-state index in [2.05, 4.69) is 77.0 Å². The van der Waals surface area contributed by atoms with Crippen LogP contribution < -0.4 is 5.32 Å². The minimum Gasteiger partial charge on any atom is -0.341 e. The van der Waals surface area contributed by atoms with E-state index in [-0.39, 0.29) is 0 Å². The molecule has 5 heteroatoms. The van der Waals surface area contributed by atoms with Crippen LogP contribution in [0.15, 0.2) is 71.7 Å². The molecule has 38 heavy (non-hydrogen) atoms. The van der Waals surface area contributed by atoms with E-state index in [1.165, 1.54) is 60.2 Å². The summed E-state index contributed by atoms with van der Waals surface area (Å²) in [5.74, 6) is 1.74. The van der Waals surface area contributed by atoms with Crippen LogP contribution in [0.4, 0.5) is 5.69 Å². The Bertz CT molecular complexity index is 1720. The predicted molar refractivity (Wildman–Crippen MR) is 155 cm³/mol. The van der Waals surface area contributed by atoms with Crippen molar-refractivity contribution in [3.63, 3.8) is 0 Å². The number of nitrogens with zero attached hydrogens (tertiary/aromatic N) is 3. The molecule has 0 radical (unpaired) electrons. The Morgan fingerprint density at radius 2 is 1.55 bits per heavy atom. The van der Waals surface area contributed by atoms with Crippen molar-refractivity contribution < 1.29 is 0 Å². The van der Waals surface area contributed by atoms with Gasteiger partial charge in [-0.15, -0.1) is 0 Å². The first-order valence-corrected chi connectivity index (χ1v) is 14.1. The van der Waals surface area contributed by atoms with Gasteiger partial charge in [0.15, 0.2) is 0 Å². The highest BCUT2D eigenvalue weighted by Crippen LogP contribution is 2.37. The Labute approximate surface area is 222 Å². The molecule has 8 rings (SSSR count). The van der Waals surface area contributed by atoms with Crippen LogP contribution in [-0.4, -0.2) is 27.2 Å². The summed E-state index contributed by atoms with van der Waals surface area (Å²) in [6.45, 7) is 1.07. The van der Waals surface area contributed by atoms with Gasteiger partial charge in [0.25, 0.3) is 0 Å². The van der Waals surface area contributed by atoms with Gasteiger partial charge in [-0.05, 0) is 97.3 Å². The summed E-state index contributed by atoms with van der Waals surface area (Å²) in [5.41, 5.74) is 11.6. The fourth-order valence-electron chi connectivity index (χ4n) is 6.64. The lowest BCUT2D eigenvalue weighted by atomic mass is 9.95. The maximum absolute atomic E-state index is 5.02. The van der Waals surface area contributed by atoms with E-state index in [9.17, 15) is 0 Å². The van der Waals surface area contributed by atoms with Gasteiger partial charge in [-0.3, -0.25) is 4.99 Å². The lowest BCUT2D eigenvalue weighted by molar-refractivity contribution is 0.614. The Balaban J connectivity index is 1.06. The van der Waals surface area contributed by atoms with E-state index >= 15 is 0 Å². The summed E-state index contributed by atoms with van der Waals surface area (Å²) >= 11 is 0. The van der Waals surface area contributed by atoms with Crippen LogP contribution in [-0.2, 0) is 6.42 Å². The molecule has 0 spiro atoms. The number of rotatable bonds is 4. The van der Waals surface area contributed by atoms with Crippen LogP contribution >= 0.6 is 0 Å². The van der Waals surface area contributed by atoms with Crippen molar-refractivity contribution in [3.8, 4) is 22.4 Å². The van der Waals surface area contributed by atoms with Crippen molar-refractivity contribution in [3.05, 3.63) is 78.1 Å². The topological polar surface area (TPSA) is 66.0 Å². The van der Waals surface area contributed by atoms with Crippen molar-refractivity contribution in [2.45, 2.75) is 51.0 Å². The quantitative estimate of drug-likeness (QED) is 0.267. The summed E-state index contributed by atoms with van der Waals surface area (Å²) in [7, 11) is 0. The zero-order valence-electron chi connectivity index (χ0n) is 21.5. The molecule has 0 amide bonds. The summed E-state index contributed by atoms with van der Waals surface area (Å²) < 4.78 is 0. The molecule has 188 valence electrons. The molecule has 1 saturated carbocycles. The van der Waals surface area contributed by atoms with Gasteiger partial charge in [0.1, 0.15) is 5.82 Å². The Morgan fingerprint density at radius 3 is 2.45 bits per heavy atom. The van der Waals surface area contributed by atoms with Crippen molar-refractivity contribution >= 4 is 33.3 Å². The molecular formula is C33H31N5. The molecule has 0 bridgehead atoms. The van der Waals surface area contributed by atoms with Crippen LogP contribution in [0.2, 0.25) is 0 Å². The zero-order valence-corrected chi connectivity index (χ0v) is 21.5. The summed E-state index contributed by atoms with van der Waals surface area (Å²) in [6.07, 6.45) is 8.71. The number of hydrogen-bond acceptors (Lipinski definition) is 4. The van der Waals surface area contributed by atoms with E-state index in [0.29, 0.717) is 12.0 Å². The number of imidazole rings is 1. The minimum atomic E-state index is 0.339. The van der Waals surface area contributed by atoms with E-state index < -0.39 is 0 Å². The van der Waals surface area contributed by atoms with E-state index in [1.807, 2.05) is 0 Å². The average molecular weight is 498 g/mol. The Hall–Kier alpha value is -3.83. The minimum absolute atomic E-state index is 0.339. The smallest absolute Gasteiger partial charge is 0.124 e. The van der Waals surface area contributed by atoms with E-state index in [0.717, 1.165) is 58.4 Å². The summed E-state index contributed by atoms with van der Waals surface area (Å²) in [5, 5.41) is 4.69. The van der Waals surface area contributed by atoms with Gasteiger partial charge in [-0.1, -0.05) is 37.1 Å². The molecule has 4 heterocycles. The third-order valence-electron chi connectivity index (χ3n) is 8.75. The fourth-order valence-corrected chi connectivity index (χ4v) is 6.64. The first kappa shape index (κ1) is 22.2. The van der Waals surface area contributed by atoms with Gasteiger partial charge in [-0.2, -0.15) is 0 Å². The highest BCUT2D eigenvalue weighted by Gasteiger charge is 2.25. The lowest BCUT2D eigenvalue weighted by Gasteiger charge is -2.09. The number of aromatic nitrogens is 3. The molecule has 3 aromatic carbocycles. The van der Waals surface area contributed by atoms with Crippen LogP contribution in [0.1, 0.15) is 56.0 Å². The lowest BCUT2D eigenvalue weighted by Crippen LogP contribution is -2.13. The molecule has 2 aromatic heterocycles. The van der Waals surface area contributed by atoms with Crippen LogP contribution in [0.5, 0.6) is 0 Å². The largest absolute Gasteiger partial charge is 0.341 e. The number of hydrogen-bond donors (Lipinski definition) is 2. The Morgan fingerprint density at radius 1 is 0.711 bits per heavy atom. The van der Waals surface area contributed by atoms with Gasteiger partial charge in [-0.25, -0.2) is 9.97 Å². The number of pyridine rings is 1. The number of H-pyrrole nitrogens is 1. The number of nitrogens with one attached hydrogen (secondary N) is 2. The molecule has 2 fully saturated rings. The number of aliphatic imine (C=N–C) groups is 1. The summed E-state index contributed by atoms with van der Waals surface area (Å²) in [6, 6.07) is 24.5. The first-order valence-electron chi connectivity index (χ1n) is 14.1.